The van der Waals surface area contributed by atoms with Crippen molar-refractivity contribution in [1.82, 2.24) is 10.3 Å². The van der Waals surface area contributed by atoms with Gasteiger partial charge in [-0.2, -0.15) is 0 Å². The van der Waals surface area contributed by atoms with Crippen molar-refractivity contribution in [3.8, 4) is 0 Å². The Kier molecular flexibility index (Phi) is 2.93. The zero-order valence-electron chi connectivity index (χ0n) is 10.0. The Balaban J connectivity index is 1.87. The van der Waals surface area contributed by atoms with Crippen LogP contribution in [-0.2, 0) is 0 Å². The minimum atomic E-state index is 0.617. The van der Waals surface area contributed by atoms with Crippen LogP contribution in [-0.4, -0.2) is 18.1 Å². The molecule has 2 atom stereocenters. The molecule has 0 aromatic carbocycles. The molecule has 1 aliphatic carbocycles. The number of halogens is 1. The average molecular weight is 249 g/mol. The molecule has 0 spiro atoms. The Morgan fingerprint density at radius 3 is 3.12 bits per heavy atom. The summed E-state index contributed by atoms with van der Waals surface area (Å²) in [6, 6.07) is 2.16. The molecular weight excluding hydrogens is 232 g/mol. The van der Waals surface area contributed by atoms with Gasteiger partial charge in [0.2, 0.25) is 0 Å². The topological polar surface area (TPSA) is 24.9 Å². The van der Waals surface area contributed by atoms with E-state index in [4.69, 9.17) is 11.6 Å². The zero-order chi connectivity index (χ0) is 11.8. The van der Waals surface area contributed by atoms with Crippen LogP contribution in [0, 0.1) is 18.8 Å². The normalized spacial score (nSPS) is 27.8. The number of hydrogen-bond donors (Lipinski definition) is 1. The summed E-state index contributed by atoms with van der Waals surface area (Å²) in [6.07, 6.45) is 6.82. The van der Waals surface area contributed by atoms with Gasteiger partial charge in [0.1, 0.15) is 5.15 Å². The number of allylic oxidation sites excluding steroid dienone is 2. The van der Waals surface area contributed by atoms with Crippen molar-refractivity contribution in [3.05, 3.63) is 34.6 Å². The van der Waals surface area contributed by atoms with Crippen molar-refractivity contribution < 1.29 is 0 Å². The summed E-state index contributed by atoms with van der Waals surface area (Å²) in [6.45, 7) is 4.33. The van der Waals surface area contributed by atoms with Gasteiger partial charge >= 0.3 is 0 Å². The molecule has 1 aromatic heterocycles. The minimum Gasteiger partial charge on any atom is -0.316 e. The van der Waals surface area contributed by atoms with E-state index in [-0.39, 0.29) is 0 Å². The van der Waals surface area contributed by atoms with E-state index in [1.165, 1.54) is 24.0 Å². The average Bonchev–Trinajstić information content (AvgIpc) is 2.76. The Hall–Kier alpha value is -0.860. The van der Waals surface area contributed by atoms with Gasteiger partial charge in [0, 0.05) is 6.20 Å². The van der Waals surface area contributed by atoms with E-state index in [0.717, 1.165) is 30.5 Å². The fourth-order valence-electron chi connectivity index (χ4n) is 2.94. The molecule has 17 heavy (non-hydrogen) atoms. The number of hydrogen-bond acceptors (Lipinski definition) is 2. The smallest absolute Gasteiger partial charge is 0.131 e. The highest BCUT2D eigenvalue weighted by molar-refractivity contribution is 6.30. The molecule has 1 aromatic rings. The maximum absolute atomic E-state index is 5.97. The first-order valence-electron chi connectivity index (χ1n) is 6.28. The van der Waals surface area contributed by atoms with Crippen LogP contribution in [0.4, 0.5) is 0 Å². The van der Waals surface area contributed by atoms with Crippen molar-refractivity contribution in [2.45, 2.75) is 19.8 Å². The Morgan fingerprint density at radius 2 is 2.35 bits per heavy atom. The first-order valence-corrected chi connectivity index (χ1v) is 6.66. The fraction of sp³-hybridized carbons (Fsp3) is 0.500. The van der Waals surface area contributed by atoms with Crippen molar-refractivity contribution in [3.63, 3.8) is 0 Å². The highest BCUT2D eigenvalue weighted by atomic mass is 35.5. The molecule has 1 N–H and O–H groups in total. The summed E-state index contributed by atoms with van der Waals surface area (Å²) in [5.74, 6) is 1.55. The van der Waals surface area contributed by atoms with Crippen LogP contribution >= 0.6 is 11.6 Å². The van der Waals surface area contributed by atoms with Crippen LogP contribution in [0.5, 0.6) is 0 Å². The zero-order valence-corrected chi connectivity index (χ0v) is 10.8. The fourth-order valence-corrected chi connectivity index (χ4v) is 3.05. The molecule has 1 fully saturated rings. The van der Waals surface area contributed by atoms with Crippen LogP contribution in [0.2, 0.25) is 5.15 Å². The molecule has 1 saturated heterocycles. The van der Waals surface area contributed by atoms with Crippen molar-refractivity contribution in [2.75, 3.05) is 13.1 Å². The summed E-state index contributed by atoms with van der Waals surface area (Å²) in [7, 11) is 0. The molecule has 90 valence electrons. The molecule has 0 radical (unpaired) electrons. The van der Waals surface area contributed by atoms with E-state index in [1.54, 1.807) is 0 Å². The van der Waals surface area contributed by atoms with Gasteiger partial charge in [0.25, 0.3) is 0 Å². The van der Waals surface area contributed by atoms with Crippen molar-refractivity contribution in [2.24, 2.45) is 11.8 Å². The number of piperidine rings is 1. The quantitative estimate of drug-likeness (QED) is 0.773. The van der Waals surface area contributed by atoms with Crippen LogP contribution in [0.3, 0.4) is 0 Å². The highest BCUT2D eigenvalue weighted by Crippen LogP contribution is 2.39. The van der Waals surface area contributed by atoms with Gasteiger partial charge in [-0.15, -0.1) is 0 Å². The van der Waals surface area contributed by atoms with E-state index < -0.39 is 0 Å². The Labute approximate surface area is 107 Å². The summed E-state index contributed by atoms with van der Waals surface area (Å²) >= 11 is 5.97. The molecule has 2 nitrogen and oxygen atoms in total. The maximum atomic E-state index is 5.97. The summed E-state index contributed by atoms with van der Waals surface area (Å²) < 4.78 is 0. The lowest BCUT2D eigenvalue weighted by atomic mass is 9.89. The van der Waals surface area contributed by atoms with Crippen LogP contribution in [0.15, 0.2) is 18.3 Å². The second kappa shape index (κ2) is 4.43. The Morgan fingerprint density at radius 1 is 1.47 bits per heavy atom. The SMILES string of the molecule is Cc1cc(C2=C[C@@H]3CCNC[C@@H]3C2)cnc1Cl. The largest absolute Gasteiger partial charge is 0.316 e. The molecule has 0 amide bonds. The van der Waals surface area contributed by atoms with Gasteiger partial charge < -0.3 is 5.32 Å². The van der Waals surface area contributed by atoms with Crippen molar-refractivity contribution >= 4 is 17.2 Å². The lowest BCUT2D eigenvalue weighted by Crippen LogP contribution is -2.33. The summed E-state index contributed by atoms with van der Waals surface area (Å²) in [4.78, 5) is 4.25. The minimum absolute atomic E-state index is 0.617. The maximum Gasteiger partial charge on any atom is 0.131 e. The van der Waals surface area contributed by atoms with Gasteiger partial charge in [-0.05, 0) is 67.5 Å². The molecule has 2 aliphatic rings. The number of rotatable bonds is 1. The van der Waals surface area contributed by atoms with Gasteiger partial charge in [-0.25, -0.2) is 4.98 Å². The molecule has 0 unspecified atom stereocenters. The van der Waals surface area contributed by atoms with Gasteiger partial charge in [0.05, 0.1) is 0 Å². The molecule has 2 heterocycles. The number of pyridine rings is 1. The first kappa shape index (κ1) is 11.2. The van der Waals surface area contributed by atoms with E-state index >= 15 is 0 Å². The third kappa shape index (κ3) is 2.12. The van der Waals surface area contributed by atoms with Crippen LogP contribution in [0.25, 0.3) is 5.57 Å². The monoisotopic (exact) mass is 248 g/mol. The predicted octanol–water partition coefficient (Wildman–Crippen LogP) is 3.06. The third-order valence-corrected chi connectivity index (χ3v) is 4.34. The molecule has 3 rings (SSSR count). The highest BCUT2D eigenvalue weighted by Gasteiger charge is 2.30. The second-order valence-corrected chi connectivity index (χ2v) is 5.50. The van der Waals surface area contributed by atoms with Gasteiger partial charge in [0.15, 0.2) is 0 Å². The van der Waals surface area contributed by atoms with E-state index in [0.29, 0.717) is 5.15 Å². The molecule has 0 saturated carbocycles. The standard InChI is InChI=1S/C14H17ClN2/c1-9-4-12(8-17-14(9)15)11-5-10-2-3-16-7-13(10)6-11/h4-5,8,10,13,16H,2-3,6-7H2,1H3/t10-,13-/m0/s1. The molecular formula is C14H17ClN2. The van der Waals surface area contributed by atoms with Crippen LogP contribution in [0.1, 0.15) is 24.0 Å². The van der Waals surface area contributed by atoms with Gasteiger partial charge in [-0.3, -0.25) is 0 Å². The summed E-state index contributed by atoms with van der Waals surface area (Å²) in [5, 5.41) is 4.10. The lowest BCUT2D eigenvalue weighted by Gasteiger charge is -2.25. The van der Waals surface area contributed by atoms with Gasteiger partial charge in [-0.1, -0.05) is 17.7 Å². The number of nitrogens with zero attached hydrogens (tertiary/aromatic N) is 1. The second-order valence-electron chi connectivity index (χ2n) is 5.14. The van der Waals surface area contributed by atoms with E-state index in [1.807, 2.05) is 13.1 Å². The summed E-state index contributed by atoms with van der Waals surface area (Å²) in [5.41, 5.74) is 3.77. The number of aryl methyl sites for hydroxylation is 1. The number of fused-ring (bicyclic) bond motifs is 1. The Bertz CT molecular complexity index is 467. The van der Waals surface area contributed by atoms with Crippen LogP contribution < -0.4 is 5.32 Å². The molecule has 1 aliphatic heterocycles. The molecule has 0 bridgehead atoms. The first-order chi connectivity index (χ1) is 8.24. The van der Waals surface area contributed by atoms with E-state index in [2.05, 4.69) is 22.4 Å². The number of nitrogens with one attached hydrogen (secondary N) is 1. The van der Waals surface area contributed by atoms with Crippen molar-refractivity contribution in [1.29, 1.82) is 0 Å². The lowest BCUT2D eigenvalue weighted by molar-refractivity contribution is 0.324. The molecule has 3 heteroatoms. The predicted molar refractivity (Wildman–Crippen MR) is 71.0 cm³/mol. The third-order valence-electron chi connectivity index (χ3n) is 3.95. The van der Waals surface area contributed by atoms with E-state index in [9.17, 15) is 0 Å². The number of aromatic nitrogens is 1.